The monoisotopic (exact) mass is 224 g/mol. The first-order valence-electron chi connectivity index (χ1n) is 5.63. The predicted molar refractivity (Wildman–Crippen MR) is 60.3 cm³/mol. The summed E-state index contributed by atoms with van der Waals surface area (Å²) in [5.74, 6) is 0. The number of hydrogen-bond acceptors (Lipinski definition) is 3. The molecule has 0 bridgehead atoms. The second-order valence-corrected chi connectivity index (χ2v) is 5.89. The van der Waals surface area contributed by atoms with E-state index < -0.39 is 0 Å². The molecule has 4 nitrogen and oxygen atoms in total. The summed E-state index contributed by atoms with van der Waals surface area (Å²) in [4.78, 5) is 10.4. The van der Waals surface area contributed by atoms with E-state index >= 15 is 0 Å². The zero-order chi connectivity index (χ0) is 12.2. The molecule has 0 aromatic carbocycles. The maximum atomic E-state index is 10.4. The summed E-state index contributed by atoms with van der Waals surface area (Å²) in [6, 6.07) is 0. The third kappa shape index (κ3) is 3.41. The van der Waals surface area contributed by atoms with Gasteiger partial charge in [-0.1, -0.05) is 20.8 Å². The molecule has 0 aliphatic heterocycles. The molecule has 1 rings (SSSR count). The summed E-state index contributed by atoms with van der Waals surface area (Å²) >= 11 is 0. The van der Waals surface area contributed by atoms with Gasteiger partial charge < -0.3 is 10.1 Å². The fraction of sp³-hybridized carbons (Fsp3) is 0.833. The molecule has 4 heteroatoms. The Labute approximate surface area is 97.0 Å². The number of hydrogen-bond donors (Lipinski definition) is 1. The first-order valence-corrected chi connectivity index (χ1v) is 5.63. The molecule has 16 heavy (non-hydrogen) atoms. The van der Waals surface area contributed by atoms with Crippen molar-refractivity contribution >= 4 is 6.41 Å². The quantitative estimate of drug-likeness (QED) is 0.585. The Hall–Kier alpha value is -1.24. The number of carbonyl (C=O) groups is 1. The van der Waals surface area contributed by atoms with Gasteiger partial charge in [0, 0.05) is 6.54 Å². The van der Waals surface area contributed by atoms with Gasteiger partial charge >= 0.3 is 0 Å². The van der Waals surface area contributed by atoms with E-state index in [0.29, 0.717) is 6.54 Å². The highest BCUT2D eigenvalue weighted by molar-refractivity contribution is 5.45. The van der Waals surface area contributed by atoms with Crippen LogP contribution >= 0.6 is 0 Å². The van der Waals surface area contributed by atoms with Crippen molar-refractivity contribution in [2.45, 2.75) is 46.1 Å². The number of carbonyl (C=O) groups excluding carboxylic acids is 1. The van der Waals surface area contributed by atoms with Crippen molar-refractivity contribution in [1.82, 2.24) is 5.32 Å². The van der Waals surface area contributed by atoms with E-state index in [1.807, 2.05) is 0 Å². The molecule has 90 valence electrons. The van der Waals surface area contributed by atoms with Crippen molar-refractivity contribution in [3.63, 3.8) is 0 Å². The van der Waals surface area contributed by atoms with Crippen molar-refractivity contribution in [3.8, 4) is 6.26 Å². The maximum absolute atomic E-state index is 10.4. The third-order valence-corrected chi connectivity index (χ3v) is 3.24. The van der Waals surface area contributed by atoms with Gasteiger partial charge in [-0.2, -0.15) is 5.26 Å². The molecule has 1 N–H and O–H groups in total. The molecule has 1 fully saturated rings. The van der Waals surface area contributed by atoms with Crippen LogP contribution in [0.15, 0.2) is 0 Å². The standard InChI is InChI=1S/C12H20N2O2/c1-11(2)4-10(16-8-13)5-12(3,6-11)7-14-9-15/h9-10H,4-7H2,1-3H3,(H,14,15). The van der Waals surface area contributed by atoms with Crippen LogP contribution in [0.4, 0.5) is 0 Å². The first-order chi connectivity index (χ1) is 7.41. The van der Waals surface area contributed by atoms with Gasteiger partial charge in [-0.25, -0.2) is 0 Å². The number of nitriles is 1. The Kier molecular flexibility index (Phi) is 3.79. The van der Waals surface area contributed by atoms with Crippen LogP contribution in [-0.2, 0) is 9.53 Å². The molecule has 0 aromatic rings. The lowest BCUT2D eigenvalue weighted by molar-refractivity contribution is -0.110. The Morgan fingerprint density at radius 3 is 2.75 bits per heavy atom. The first kappa shape index (κ1) is 12.8. The summed E-state index contributed by atoms with van der Waals surface area (Å²) in [6.07, 6.45) is 5.25. The van der Waals surface area contributed by atoms with Crippen LogP contribution in [0.25, 0.3) is 0 Å². The third-order valence-electron chi connectivity index (χ3n) is 3.24. The number of rotatable bonds is 4. The van der Waals surface area contributed by atoms with Gasteiger partial charge in [0.1, 0.15) is 6.10 Å². The van der Waals surface area contributed by atoms with Crippen LogP contribution in [0.2, 0.25) is 0 Å². The zero-order valence-corrected chi connectivity index (χ0v) is 10.2. The number of nitrogens with zero attached hydrogens (tertiary/aromatic N) is 1. The van der Waals surface area contributed by atoms with Crippen LogP contribution in [0.5, 0.6) is 0 Å². The van der Waals surface area contributed by atoms with Gasteiger partial charge in [0.05, 0.1) is 0 Å². The highest BCUT2D eigenvalue weighted by Crippen LogP contribution is 2.46. The van der Waals surface area contributed by atoms with Gasteiger partial charge in [0.15, 0.2) is 0 Å². The topological polar surface area (TPSA) is 62.1 Å². The van der Waals surface area contributed by atoms with E-state index in [1.165, 1.54) is 0 Å². The lowest BCUT2D eigenvalue weighted by atomic mass is 9.63. The summed E-state index contributed by atoms with van der Waals surface area (Å²) in [5, 5.41) is 11.3. The SMILES string of the molecule is CC1(C)CC(OC#N)CC(C)(CNC=O)C1. The van der Waals surface area contributed by atoms with Gasteiger partial charge in [-0.05, 0) is 30.1 Å². The summed E-state index contributed by atoms with van der Waals surface area (Å²) < 4.78 is 5.08. The minimum atomic E-state index is -0.0211. The van der Waals surface area contributed by atoms with E-state index in [1.54, 1.807) is 6.26 Å². The largest absolute Gasteiger partial charge is 0.424 e. The Morgan fingerprint density at radius 1 is 1.50 bits per heavy atom. The van der Waals surface area contributed by atoms with Crippen molar-refractivity contribution in [3.05, 3.63) is 0 Å². The Bertz CT molecular complexity index is 296. The van der Waals surface area contributed by atoms with Crippen LogP contribution in [0, 0.1) is 22.3 Å². The fourth-order valence-corrected chi connectivity index (χ4v) is 3.12. The highest BCUT2D eigenvalue weighted by Gasteiger charge is 2.42. The number of amides is 1. The Morgan fingerprint density at radius 2 is 2.19 bits per heavy atom. The fourth-order valence-electron chi connectivity index (χ4n) is 3.12. The van der Waals surface area contributed by atoms with Crippen LogP contribution in [-0.4, -0.2) is 19.1 Å². The van der Waals surface area contributed by atoms with E-state index in [4.69, 9.17) is 10.00 Å². The molecule has 2 unspecified atom stereocenters. The highest BCUT2D eigenvalue weighted by atomic mass is 16.5. The molecule has 1 amide bonds. The predicted octanol–water partition coefficient (Wildman–Crippen LogP) is 1.82. The summed E-state index contributed by atoms with van der Waals surface area (Å²) in [6.45, 7) is 7.14. The molecule has 0 heterocycles. The number of ether oxygens (including phenoxy) is 1. The van der Waals surface area contributed by atoms with E-state index in [-0.39, 0.29) is 16.9 Å². The lowest BCUT2D eigenvalue weighted by Gasteiger charge is -2.45. The minimum absolute atomic E-state index is 0.0180. The zero-order valence-electron chi connectivity index (χ0n) is 10.2. The van der Waals surface area contributed by atoms with Crippen molar-refractivity contribution in [2.24, 2.45) is 10.8 Å². The van der Waals surface area contributed by atoms with Crippen LogP contribution < -0.4 is 5.32 Å². The van der Waals surface area contributed by atoms with Gasteiger partial charge in [0.2, 0.25) is 6.41 Å². The molecular weight excluding hydrogens is 204 g/mol. The average Bonchev–Trinajstić information content (AvgIpc) is 2.12. The molecule has 1 saturated carbocycles. The second kappa shape index (κ2) is 4.73. The molecular formula is C12H20N2O2. The maximum Gasteiger partial charge on any atom is 0.286 e. The van der Waals surface area contributed by atoms with Crippen molar-refractivity contribution in [2.75, 3.05) is 6.54 Å². The van der Waals surface area contributed by atoms with Gasteiger partial charge in [-0.15, -0.1) is 0 Å². The molecule has 0 radical (unpaired) electrons. The lowest BCUT2D eigenvalue weighted by Crippen LogP contribution is -2.44. The van der Waals surface area contributed by atoms with Gasteiger partial charge in [-0.3, -0.25) is 4.79 Å². The molecule has 1 aliphatic carbocycles. The Balaban J connectivity index is 2.71. The summed E-state index contributed by atoms with van der Waals surface area (Å²) in [5.41, 5.74) is 0.170. The van der Waals surface area contributed by atoms with Crippen LogP contribution in [0.1, 0.15) is 40.0 Å². The molecule has 2 atom stereocenters. The molecule has 0 saturated heterocycles. The van der Waals surface area contributed by atoms with Crippen molar-refractivity contribution in [1.29, 1.82) is 5.26 Å². The molecule has 0 spiro atoms. The second-order valence-electron chi connectivity index (χ2n) is 5.89. The number of nitrogens with one attached hydrogen (secondary N) is 1. The van der Waals surface area contributed by atoms with Crippen molar-refractivity contribution < 1.29 is 9.53 Å². The molecule has 0 aromatic heterocycles. The van der Waals surface area contributed by atoms with E-state index in [2.05, 4.69) is 26.1 Å². The minimum Gasteiger partial charge on any atom is -0.424 e. The molecule has 1 aliphatic rings. The average molecular weight is 224 g/mol. The van der Waals surface area contributed by atoms with E-state index in [0.717, 1.165) is 25.7 Å². The summed E-state index contributed by atoms with van der Waals surface area (Å²) in [7, 11) is 0. The van der Waals surface area contributed by atoms with Crippen LogP contribution in [0.3, 0.4) is 0 Å². The normalized spacial score (nSPS) is 32.5. The van der Waals surface area contributed by atoms with Gasteiger partial charge in [0.25, 0.3) is 6.26 Å². The smallest absolute Gasteiger partial charge is 0.286 e. The van der Waals surface area contributed by atoms with E-state index in [9.17, 15) is 4.79 Å².